The van der Waals surface area contributed by atoms with Gasteiger partial charge in [-0.2, -0.15) is 24.3 Å². The van der Waals surface area contributed by atoms with Crippen LogP contribution in [0.5, 0.6) is 0 Å². The van der Waals surface area contributed by atoms with E-state index in [2.05, 4.69) is 50.2 Å². The summed E-state index contributed by atoms with van der Waals surface area (Å²) in [5.41, 5.74) is 0. The van der Waals surface area contributed by atoms with Gasteiger partial charge in [0.2, 0.25) is 0 Å². The van der Waals surface area contributed by atoms with Crippen molar-refractivity contribution < 1.29 is 17.0 Å². The average Bonchev–Trinajstić information content (AvgIpc) is 3.46. The quantitative estimate of drug-likeness (QED) is 0.107. The monoisotopic (exact) mass is 498 g/mol. The van der Waals surface area contributed by atoms with Crippen molar-refractivity contribution in [3.63, 3.8) is 0 Å². The Morgan fingerprint density at radius 1 is 0.800 bits per heavy atom. The van der Waals surface area contributed by atoms with E-state index < -0.39 is 17.0 Å². The van der Waals surface area contributed by atoms with Crippen LogP contribution in [0.15, 0.2) is 66.7 Å². The van der Waals surface area contributed by atoms with Crippen LogP contribution in [-0.2, 0) is 17.0 Å². The molecule has 3 aromatic rings. The number of hydrogen-bond acceptors (Lipinski definition) is 0. The molecule has 4 heteroatoms. The molecule has 0 aliphatic heterocycles. The van der Waals surface area contributed by atoms with Crippen molar-refractivity contribution in [2.45, 2.75) is 65.2 Å². The van der Waals surface area contributed by atoms with Crippen molar-refractivity contribution in [2.75, 3.05) is 12.3 Å². The smallest absolute Gasteiger partial charge is 0.172 e. The van der Waals surface area contributed by atoms with E-state index in [9.17, 15) is 0 Å². The molecule has 3 aromatic carbocycles. The molecule has 0 aliphatic carbocycles. The summed E-state index contributed by atoms with van der Waals surface area (Å²) in [5.74, 6) is 0. The fraction of sp³-hybridized carbons (Fsp3) is 0.462. The van der Waals surface area contributed by atoms with Crippen molar-refractivity contribution in [2.24, 2.45) is 0 Å². The molecule has 0 bridgehead atoms. The normalized spacial score (nSPS) is 10.3. The van der Waals surface area contributed by atoms with Gasteiger partial charge in [-0.15, -0.1) is 40.3 Å². The first-order valence-corrected chi connectivity index (χ1v) is 17.3. The molecule has 0 saturated heterocycles. The summed E-state index contributed by atoms with van der Waals surface area (Å²) in [6, 6.07) is 23.8. The first-order chi connectivity index (χ1) is 14.8. The molecule has 0 aliphatic rings. The summed E-state index contributed by atoms with van der Waals surface area (Å²) < 4.78 is 0. The molecule has 0 unspecified atom stereocenters. The third-order valence-electron chi connectivity index (χ3n) is 5.09. The predicted molar refractivity (Wildman–Crippen MR) is 138 cm³/mol. The van der Waals surface area contributed by atoms with Crippen molar-refractivity contribution >= 4 is 42.6 Å². The summed E-state index contributed by atoms with van der Waals surface area (Å²) >= 11 is -0.556. The van der Waals surface area contributed by atoms with E-state index in [1.165, 1.54) is 74.5 Å². The molecular formula is C26H37Cl2PTi-2. The van der Waals surface area contributed by atoms with Gasteiger partial charge in [0.1, 0.15) is 0 Å². The van der Waals surface area contributed by atoms with Crippen LogP contribution in [0.2, 0.25) is 0 Å². The molecule has 0 aromatic heterocycles. The van der Waals surface area contributed by atoms with E-state index in [0.717, 1.165) is 0 Å². The van der Waals surface area contributed by atoms with Gasteiger partial charge in [0.15, 0.2) is 0 Å². The van der Waals surface area contributed by atoms with Gasteiger partial charge in [0.25, 0.3) is 0 Å². The predicted octanol–water partition coefficient (Wildman–Crippen LogP) is 9.61. The van der Waals surface area contributed by atoms with Crippen molar-refractivity contribution in [1.29, 1.82) is 0 Å². The van der Waals surface area contributed by atoms with E-state index in [-0.39, 0.29) is 7.92 Å². The number of benzene rings is 1. The van der Waals surface area contributed by atoms with E-state index in [4.69, 9.17) is 18.6 Å². The van der Waals surface area contributed by atoms with E-state index in [1.807, 2.05) is 30.3 Å². The maximum absolute atomic E-state index is 4.89. The number of halogens is 2. The first-order valence-electron chi connectivity index (χ1n) is 11.3. The summed E-state index contributed by atoms with van der Waals surface area (Å²) in [4.78, 5) is 0. The Morgan fingerprint density at radius 3 is 1.83 bits per heavy atom. The first kappa shape index (κ1) is 27.9. The van der Waals surface area contributed by atoms with Gasteiger partial charge in [-0.05, 0) is 25.2 Å². The van der Waals surface area contributed by atoms with Gasteiger partial charge >= 0.3 is 35.6 Å². The minimum absolute atomic E-state index is 0.0642. The molecule has 3 rings (SSSR count). The van der Waals surface area contributed by atoms with Crippen LogP contribution in [0, 0.1) is 0 Å². The zero-order valence-electron chi connectivity index (χ0n) is 18.6. The number of hydrogen-bond donors (Lipinski definition) is 0. The molecule has 0 heterocycles. The SMILES string of the molecule is CCCCCCP(CCCCCC)c1cc2ccccc2[cH-]1.[Cl][Ti][Cl].c1cc[cH-]c1. The largest absolute Gasteiger partial charge is 0.214 e. The van der Waals surface area contributed by atoms with Gasteiger partial charge in [0.05, 0.1) is 0 Å². The molecule has 0 nitrogen and oxygen atoms in total. The second-order valence-corrected chi connectivity index (χ2v) is 12.6. The molecular weight excluding hydrogens is 462 g/mol. The molecule has 0 amide bonds. The van der Waals surface area contributed by atoms with Crippen molar-refractivity contribution in [3.8, 4) is 0 Å². The fourth-order valence-corrected chi connectivity index (χ4v) is 6.06. The summed E-state index contributed by atoms with van der Waals surface area (Å²) in [6.45, 7) is 4.61. The summed E-state index contributed by atoms with van der Waals surface area (Å²) in [7, 11) is 9.84. The van der Waals surface area contributed by atoms with Gasteiger partial charge in [-0.25, -0.2) is 12.1 Å². The Kier molecular flexibility index (Phi) is 18.2. The molecule has 0 fully saturated rings. The van der Waals surface area contributed by atoms with E-state index >= 15 is 0 Å². The Hall–Kier alpha value is -0.0957. The summed E-state index contributed by atoms with van der Waals surface area (Å²) in [5, 5.41) is 4.53. The third kappa shape index (κ3) is 12.7. The molecule has 0 spiro atoms. The van der Waals surface area contributed by atoms with Crippen LogP contribution in [0.25, 0.3) is 10.8 Å². The zero-order chi connectivity index (χ0) is 21.9. The van der Waals surface area contributed by atoms with Crippen LogP contribution < -0.4 is 5.30 Å². The summed E-state index contributed by atoms with van der Waals surface area (Å²) in [6.07, 6.45) is 14.1. The van der Waals surface area contributed by atoms with Crippen LogP contribution >= 0.6 is 26.5 Å². The second-order valence-electron chi connectivity index (χ2n) is 7.48. The maximum atomic E-state index is 4.89. The van der Waals surface area contributed by atoms with Crippen molar-refractivity contribution in [3.05, 3.63) is 66.7 Å². The molecule has 166 valence electrons. The molecule has 30 heavy (non-hydrogen) atoms. The standard InChI is InChI=1S/C21H32P.C5H5.2ClH.Ti/c1-3-5-7-11-15-22(16-12-8-6-4-2)21-17-19-13-9-10-14-20(19)18-21;1-2-4-5-3-1;;;/h9-10,13-14,17-18H,3-8,11-12,15-16H2,1-2H3;1-5H;2*1H;/q2*-1;;;+2/p-2. The van der Waals surface area contributed by atoms with E-state index in [1.54, 1.807) is 5.30 Å². The number of unbranched alkanes of at least 4 members (excludes halogenated alkanes) is 6. The third-order valence-corrected chi connectivity index (χ3v) is 7.79. The van der Waals surface area contributed by atoms with Crippen LogP contribution in [0.4, 0.5) is 0 Å². The van der Waals surface area contributed by atoms with Gasteiger partial charge in [-0.1, -0.05) is 66.4 Å². The minimum atomic E-state index is -0.556. The average molecular weight is 499 g/mol. The Bertz CT molecular complexity index is 661. The van der Waals surface area contributed by atoms with Crippen LogP contribution in [0.1, 0.15) is 65.2 Å². The van der Waals surface area contributed by atoms with Crippen LogP contribution in [0.3, 0.4) is 0 Å². The Balaban J connectivity index is 0.000000472. The van der Waals surface area contributed by atoms with Gasteiger partial charge < -0.3 is 0 Å². The van der Waals surface area contributed by atoms with Crippen LogP contribution in [-0.4, -0.2) is 12.3 Å². The molecule has 0 radical (unpaired) electrons. The molecule has 0 N–H and O–H groups in total. The molecule has 0 saturated carbocycles. The second kappa shape index (κ2) is 19.6. The topological polar surface area (TPSA) is 0 Å². The Labute approximate surface area is 202 Å². The maximum Gasteiger partial charge on any atom is -0.172 e. The number of rotatable bonds is 11. The van der Waals surface area contributed by atoms with Crippen molar-refractivity contribution in [1.82, 2.24) is 0 Å². The van der Waals surface area contributed by atoms with E-state index in [0.29, 0.717) is 0 Å². The number of fused-ring (bicyclic) bond motifs is 1. The zero-order valence-corrected chi connectivity index (χ0v) is 22.6. The Morgan fingerprint density at radius 2 is 1.37 bits per heavy atom. The fourth-order valence-electron chi connectivity index (χ4n) is 3.47. The minimum Gasteiger partial charge on any atom is -0.214 e. The molecule has 0 atom stereocenters. The van der Waals surface area contributed by atoms with Gasteiger partial charge in [0, 0.05) is 0 Å². The van der Waals surface area contributed by atoms with Gasteiger partial charge in [-0.3, -0.25) is 0 Å².